The van der Waals surface area contributed by atoms with E-state index in [-0.39, 0.29) is 0 Å². The Bertz CT molecular complexity index is 497. The number of aromatic nitrogens is 2. The Morgan fingerprint density at radius 3 is 3.25 bits per heavy atom. The van der Waals surface area contributed by atoms with Gasteiger partial charge in [0.15, 0.2) is 0 Å². The first-order valence-electron chi connectivity index (χ1n) is 5.78. The normalized spacial score (nSPS) is 21.4. The maximum absolute atomic E-state index is 5.75. The molecule has 1 atom stereocenters. The molecular formula is C12H16N4. The quantitative estimate of drug-likeness (QED) is 0.757. The predicted molar refractivity (Wildman–Crippen MR) is 64.4 cm³/mol. The summed E-state index contributed by atoms with van der Waals surface area (Å²) >= 11 is 0. The number of nitrogens with two attached hydrogens (primary N) is 1. The second-order valence-electron chi connectivity index (χ2n) is 4.43. The zero-order valence-electron chi connectivity index (χ0n) is 9.19. The number of piperidine rings is 1. The minimum atomic E-state index is 0.551. The summed E-state index contributed by atoms with van der Waals surface area (Å²) in [5.41, 5.74) is 8.64. The first-order chi connectivity index (χ1) is 7.83. The number of imidazole rings is 1. The summed E-state index contributed by atoms with van der Waals surface area (Å²) in [5, 5.41) is 3.42. The number of anilines is 1. The molecule has 1 unspecified atom stereocenters. The van der Waals surface area contributed by atoms with Gasteiger partial charge in [0.05, 0.1) is 5.69 Å². The summed E-state index contributed by atoms with van der Waals surface area (Å²) in [4.78, 5) is 4.64. The van der Waals surface area contributed by atoms with Crippen LogP contribution in [0.1, 0.15) is 24.5 Å². The Balaban J connectivity index is 1.97. The van der Waals surface area contributed by atoms with Gasteiger partial charge in [0.1, 0.15) is 5.65 Å². The average Bonchev–Trinajstić information content (AvgIpc) is 2.73. The van der Waals surface area contributed by atoms with Crippen LogP contribution in [0.2, 0.25) is 0 Å². The number of nitrogens with one attached hydrogen (secondary N) is 1. The van der Waals surface area contributed by atoms with Gasteiger partial charge < -0.3 is 15.5 Å². The van der Waals surface area contributed by atoms with Gasteiger partial charge in [-0.05, 0) is 25.5 Å². The molecule has 84 valence electrons. The van der Waals surface area contributed by atoms with Crippen LogP contribution in [0.15, 0.2) is 24.5 Å². The van der Waals surface area contributed by atoms with E-state index in [4.69, 9.17) is 5.73 Å². The minimum absolute atomic E-state index is 0.551. The van der Waals surface area contributed by atoms with Crippen LogP contribution in [0.5, 0.6) is 0 Å². The molecule has 3 N–H and O–H groups in total. The van der Waals surface area contributed by atoms with Crippen molar-refractivity contribution in [3.8, 4) is 0 Å². The summed E-state index contributed by atoms with van der Waals surface area (Å²) in [6.45, 7) is 2.18. The van der Waals surface area contributed by atoms with Gasteiger partial charge in [0, 0.05) is 36.6 Å². The van der Waals surface area contributed by atoms with Crippen molar-refractivity contribution in [3.05, 3.63) is 30.2 Å². The van der Waals surface area contributed by atoms with E-state index in [1.54, 1.807) is 0 Å². The molecule has 1 aliphatic heterocycles. The summed E-state index contributed by atoms with van der Waals surface area (Å²) in [6.07, 6.45) is 6.55. The number of hydrogen-bond acceptors (Lipinski definition) is 3. The number of nitrogen functional groups attached to an aromatic ring is 1. The third-order valence-electron chi connectivity index (χ3n) is 3.22. The summed E-state index contributed by atoms with van der Waals surface area (Å²) in [5.74, 6) is 0.551. The molecule has 16 heavy (non-hydrogen) atoms. The first-order valence-corrected chi connectivity index (χ1v) is 5.78. The van der Waals surface area contributed by atoms with Crippen LogP contribution in [-0.2, 0) is 0 Å². The van der Waals surface area contributed by atoms with Crippen LogP contribution in [0.4, 0.5) is 5.69 Å². The van der Waals surface area contributed by atoms with Crippen LogP contribution >= 0.6 is 0 Å². The molecule has 0 amide bonds. The number of fused-ring (bicyclic) bond motifs is 1. The third-order valence-corrected chi connectivity index (χ3v) is 3.22. The fourth-order valence-electron chi connectivity index (χ4n) is 2.32. The van der Waals surface area contributed by atoms with E-state index < -0.39 is 0 Å². The molecule has 3 heterocycles. The molecule has 3 rings (SSSR count). The largest absolute Gasteiger partial charge is 0.399 e. The lowest BCUT2D eigenvalue weighted by Gasteiger charge is -2.20. The zero-order valence-corrected chi connectivity index (χ0v) is 9.19. The molecule has 0 spiro atoms. The number of pyridine rings is 1. The fourth-order valence-corrected chi connectivity index (χ4v) is 2.32. The van der Waals surface area contributed by atoms with E-state index in [1.165, 1.54) is 18.5 Å². The highest BCUT2D eigenvalue weighted by atomic mass is 15.0. The Morgan fingerprint density at radius 1 is 1.50 bits per heavy atom. The standard InChI is InChI=1S/C12H16N4/c13-10-3-5-16-8-11(15-12(16)6-10)9-2-1-4-14-7-9/h3,5-6,8-9,14H,1-2,4,7,13H2. The molecule has 1 aliphatic rings. The smallest absolute Gasteiger partial charge is 0.139 e. The molecular weight excluding hydrogens is 200 g/mol. The van der Waals surface area contributed by atoms with Crippen molar-refractivity contribution in [1.29, 1.82) is 0 Å². The first kappa shape index (κ1) is 9.66. The van der Waals surface area contributed by atoms with Crippen LogP contribution in [-0.4, -0.2) is 22.5 Å². The predicted octanol–water partition coefficient (Wildman–Crippen LogP) is 1.38. The molecule has 0 saturated carbocycles. The van der Waals surface area contributed by atoms with E-state index in [0.717, 1.165) is 24.4 Å². The van der Waals surface area contributed by atoms with Gasteiger partial charge in [-0.1, -0.05) is 0 Å². The fraction of sp³-hybridized carbons (Fsp3) is 0.417. The molecule has 4 heteroatoms. The topological polar surface area (TPSA) is 55.4 Å². The highest BCUT2D eigenvalue weighted by molar-refractivity contribution is 5.52. The summed E-state index contributed by atoms with van der Waals surface area (Å²) < 4.78 is 2.04. The van der Waals surface area contributed by atoms with Crippen LogP contribution < -0.4 is 11.1 Å². The number of hydrogen-bond donors (Lipinski definition) is 2. The van der Waals surface area contributed by atoms with E-state index >= 15 is 0 Å². The van der Waals surface area contributed by atoms with Crippen molar-refractivity contribution in [1.82, 2.24) is 14.7 Å². The molecule has 0 bridgehead atoms. The Hall–Kier alpha value is -1.55. The molecule has 1 fully saturated rings. The third kappa shape index (κ3) is 1.65. The molecule has 2 aromatic rings. The van der Waals surface area contributed by atoms with Gasteiger partial charge >= 0.3 is 0 Å². The minimum Gasteiger partial charge on any atom is -0.399 e. The molecule has 2 aromatic heterocycles. The van der Waals surface area contributed by atoms with Crippen molar-refractivity contribution < 1.29 is 0 Å². The number of nitrogens with zero attached hydrogens (tertiary/aromatic N) is 2. The van der Waals surface area contributed by atoms with Crippen LogP contribution in [0.25, 0.3) is 5.65 Å². The second-order valence-corrected chi connectivity index (χ2v) is 4.43. The van der Waals surface area contributed by atoms with Gasteiger partial charge in [-0.15, -0.1) is 0 Å². The molecule has 0 aliphatic carbocycles. The van der Waals surface area contributed by atoms with Crippen molar-refractivity contribution in [3.63, 3.8) is 0 Å². The Morgan fingerprint density at radius 2 is 2.44 bits per heavy atom. The lowest BCUT2D eigenvalue weighted by atomic mass is 9.97. The molecule has 1 saturated heterocycles. The Labute approximate surface area is 94.5 Å². The summed E-state index contributed by atoms with van der Waals surface area (Å²) in [6, 6.07) is 3.82. The van der Waals surface area contributed by atoms with Gasteiger partial charge in [-0.2, -0.15) is 0 Å². The van der Waals surface area contributed by atoms with Gasteiger partial charge in [0.2, 0.25) is 0 Å². The monoisotopic (exact) mass is 216 g/mol. The van der Waals surface area contributed by atoms with Gasteiger partial charge in [-0.25, -0.2) is 4.98 Å². The molecule has 0 aromatic carbocycles. The van der Waals surface area contributed by atoms with Crippen molar-refractivity contribution >= 4 is 11.3 Å². The van der Waals surface area contributed by atoms with Crippen molar-refractivity contribution in [2.24, 2.45) is 0 Å². The maximum atomic E-state index is 5.75. The van der Waals surface area contributed by atoms with E-state index in [9.17, 15) is 0 Å². The molecule has 0 radical (unpaired) electrons. The van der Waals surface area contributed by atoms with E-state index in [2.05, 4.69) is 16.5 Å². The highest BCUT2D eigenvalue weighted by Crippen LogP contribution is 2.23. The average molecular weight is 216 g/mol. The van der Waals surface area contributed by atoms with Crippen molar-refractivity contribution in [2.45, 2.75) is 18.8 Å². The number of rotatable bonds is 1. The molecule has 4 nitrogen and oxygen atoms in total. The van der Waals surface area contributed by atoms with Crippen LogP contribution in [0.3, 0.4) is 0 Å². The SMILES string of the molecule is Nc1ccn2cc(C3CCCNC3)nc2c1. The summed E-state index contributed by atoms with van der Waals surface area (Å²) in [7, 11) is 0. The van der Waals surface area contributed by atoms with Crippen molar-refractivity contribution in [2.75, 3.05) is 18.8 Å². The van der Waals surface area contributed by atoms with Crippen LogP contribution in [0, 0.1) is 0 Å². The van der Waals surface area contributed by atoms with Gasteiger partial charge in [-0.3, -0.25) is 0 Å². The lowest BCUT2D eigenvalue weighted by molar-refractivity contribution is 0.456. The lowest BCUT2D eigenvalue weighted by Crippen LogP contribution is -2.28. The highest BCUT2D eigenvalue weighted by Gasteiger charge is 2.17. The zero-order chi connectivity index (χ0) is 11.0. The maximum Gasteiger partial charge on any atom is 0.139 e. The second kappa shape index (κ2) is 3.79. The van der Waals surface area contributed by atoms with E-state index in [0.29, 0.717) is 5.92 Å². The van der Waals surface area contributed by atoms with E-state index in [1.807, 2.05) is 22.7 Å². The van der Waals surface area contributed by atoms with Gasteiger partial charge in [0.25, 0.3) is 0 Å². The Kier molecular flexibility index (Phi) is 2.29.